The summed E-state index contributed by atoms with van der Waals surface area (Å²) in [6.07, 6.45) is 18.0. The van der Waals surface area contributed by atoms with Crippen LogP contribution < -0.4 is 10.1 Å². The predicted octanol–water partition coefficient (Wildman–Crippen LogP) is 6.58. The summed E-state index contributed by atoms with van der Waals surface area (Å²) in [6.45, 7) is 5.77. The van der Waals surface area contributed by atoms with Gasteiger partial charge in [0.15, 0.2) is 0 Å². The fourth-order valence-electron chi connectivity index (χ4n) is 5.62. The van der Waals surface area contributed by atoms with Crippen molar-refractivity contribution in [1.82, 2.24) is 15.2 Å². The fourth-order valence-corrected chi connectivity index (χ4v) is 5.62. The van der Waals surface area contributed by atoms with E-state index in [1.807, 2.05) is 24.3 Å². The van der Waals surface area contributed by atoms with Crippen molar-refractivity contribution in [2.45, 2.75) is 109 Å². The lowest BCUT2D eigenvalue weighted by molar-refractivity contribution is -0.123. The number of aromatic nitrogens is 1. The quantitative estimate of drug-likeness (QED) is 0.180. The summed E-state index contributed by atoms with van der Waals surface area (Å²) in [4.78, 5) is 19.7. The summed E-state index contributed by atoms with van der Waals surface area (Å²) in [7, 11) is 1.63. The highest BCUT2D eigenvalue weighted by Crippen LogP contribution is 2.29. The van der Waals surface area contributed by atoms with E-state index in [2.05, 4.69) is 22.1 Å². The van der Waals surface area contributed by atoms with E-state index in [0.717, 1.165) is 42.4 Å². The van der Waals surface area contributed by atoms with E-state index in [9.17, 15) is 9.90 Å². The number of hydrogen-bond donors (Lipinski definition) is 2. The zero-order valence-corrected chi connectivity index (χ0v) is 25.0. The zero-order valence-electron chi connectivity index (χ0n) is 25.0. The van der Waals surface area contributed by atoms with Crippen molar-refractivity contribution >= 4 is 16.8 Å². The number of unbranched alkanes of at least 4 members (excludes halogenated alkanes) is 12. The Morgan fingerprint density at radius 1 is 0.975 bits per heavy atom. The maximum Gasteiger partial charge on any atom is 0.220 e. The number of carbonyl (C=O) groups is 1. The Labute approximate surface area is 242 Å². The van der Waals surface area contributed by atoms with Crippen LogP contribution >= 0.6 is 0 Å². The van der Waals surface area contributed by atoms with E-state index >= 15 is 0 Å². The van der Waals surface area contributed by atoms with Gasteiger partial charge in [-0.05, 0) is 36.2 Å². The molecule has 0 radical (unpaired) electrons. The van der Waals surface area contributed by atoms with Gasteiger partial charge in [-0.15, -0.1) is 0 Å². The lowest BCUT2D eigenvalue weighted by atomic mass is 9.97. The highest BCUT2D eigenvalue weighted by Gasteiger charge is 2.27. The number of aliphatic hydroxyl groups excluding tert-OH is 1. The Morgan fingerprint density at radius 3 is 2.23 bits per heavy atom. The molecule has 1 saturated heterocycles. The number of nitrogens with zero attached hydrogens (tertiary/aromatic N) is 2. The number of morpholine rings is 1. The molecule has 2 heterocycles. The summed E-state index contributed by atoms with van der Waals surface area (Å²) in [5, 5.41) is 15.6. The number of pyridine rings is 1. The number of nitrogens with one attached hydrogen (secondary N) is 1. The Morgan fingerprint density at radius 2 is 1.60 bits per heavy atom. The van der Waals surface area contributed by atoms with Crippen LogP contribution in [0.3, 0.4) is 0 Å². The topological polar surface area (TPSA) is 83.9 Å². The first-order valence-electron chi connectivity index (χ1n) is 15.8. The first kappa shape index (κ1) is 32.3. The summed E-state index contributed by atoms with van der Waals surface area (Å²) >= 11 is 0. The van der Waals surface area contributed by atoms with Crippen LogP contribution in [0.4, 0.5) is 0 Å². The maximum absolute atomic E-state index is 13.0. The van der Waals surface area contributed by atoms with Gasteiger partial charge in [0, 0.05) is 37.6 Å². The number of ether oxygens (including phenoxy) is 2. The average Bonchev–Trinajstić information content (AvgIpc) is 2.98. The maximum atomic E-state index is 13.0. The SMILES string of the molecule is CCCCCCCCCCCCCCCC(=O)N[C@@H](CN1CCOCC1)[C@@H](O)c1ccnc2ccc(OC)cc12. The van der Waals surface area contributed by atoms with Crippen LogP contribution in [-0.2, 0) is 9.53 Å². The summed E-state index contributed by atoms with van der Waals surface area (Å²) in [5.41, 5.74) is 1.55. The molecule has 1 aliphatic rings. The number of fused-ring (bicyclic) bond motifs is 1. The first-order chi connectivity index (χ1) is 19.6. The van der Waals surface area contributed by atoms with E-state index in [1.165, 1.54) is 70.6 Å². The van der Waals surface area contributed by atoms with Crippen LogP contribution in [0.1, 0.15) is 108 Å². The number of carbonyl (C=O) groups excluding carboxylic acids is 1. The fraction of sp³-hybridized carbons (Fsp3) is 0.697. The van der Waals surface area contributed by atoms with E-state index < -0.39 is 12.1 Å². The van der Waals surface area contributed by atoms with E-state index in [1.54, 1.807) is 13.3 Å². The summed E-state index contributed by atoms with van der Waals surface area (Å²) in [5.74, 6) is 0.724. The molecule has 2 aromatic rings. The van der Waals surface area contributed by atoms with Gasteiger partial charge in [-0.2, -0.15) is 0 Å². The molecule has 7 nitrogen and oxygen atoms in total. The molecule has 1 aromatic carbocycles. The van der Waals surface area contributed by atoms with Crippen molar-refractivity contribution in [3.05, 3.63) is 36.0 Å². The largest absolute Gasteiger partial charge is 0.497 e. The predicted molar refractivity (Wildman–Crippen MR) is 163 cm³/mol. The van der Waals surface area contributed by atoms with Crippen LogP contribution in [0.15, 0.2) is 30.5 Å². The third-order valence-corrected chi connectivity index (χ3v) is 8.09. The van der Waals surface area contributed by atoms with Gasteiger partial charge in [0.25, 0.3) is 0 Å². The summed E-state index contributed by atoms with van der Waals surface area (Å²) in [6, 6.07) is 7.09. The summed E-state index contributed by atoms with van der Waals surface area (Å²) < 4.78 is 10.9. The van der Waals surface area contributed by atoms with Crippen LogP contribution in [0.2, 0.25) is 0 Å². The van der Waals surface area contributed by atoms with E-state index in [4.69, 9.17) is 9.47 Å². The minimum Gasteiger partial charge on any atom is -0.497 e. The van der Waals surface area contributed by atoms with E-state index in [0.29, 0.717) is 31.9 Å². The number of rotatable bonds is 20. The molecule has 0 saturated carbocycles. The van der Waals surface area contributed by atoms with Crippen molar-refractivity contribution in [1.29, 1.82) is 0 Å². The third-order valence-electron chi connectivity index (χ3n) is 8.09. The monoisotopic (exact) mass is 555 g/mol. The molecule has 3 rings (SSSR count). The molecule has 1 aromatic heterocycles. The molecule has 1 aliphatic heterocycles. The molecule has 0 spiro atoms. The second-order valence-electron chi connectivity index (χ2n) is 11.3. The smallest absolute Gasteiger partial charge is 0.220 e. The molecule has 224 valence electrons. The molecule has 1 amide bonds. The Balaban J connectivity index is 1.45. The molecule has 0 bridgehead atoms. The highest BCUT2D eigenvalue weighted by atomic mass is 16.5. The van der Waals surface area contributed by atoms with Gasteiger partial charge in [0.05, 0.1) is 31.9 Å². The van der Waals surface area contributed by atoms with E-state index in [-0.39, 0.29) is 5.91 Å². The third kappa shape index (κ3) is 11.3. The Hall–Kier alpha value is -2.22. The number of hydrogen-bond acceptors (Lipinski definition) is 6. The second-order valence-corrected chi connectivity index (χ2v) is 11.3. The molecule has 7 heteroatoms. The zero-order chi connectivity index (χ0) is 28.4. The first-order valence-corrected chi connectivity index (χ1v) is 15.8. The van der Waals surface area contributed by atoms with Gasteiger partial charge in [-0.3, -0.25) is 14.7 Å². The molecule has 2 N–H and O–H groups in total. The second kappa shape index (κ2) is 19.0. The molecule has 0 aliphatic carbocycles. The molecular formula is C33H53N3O4. The Kier molecular flexibility index (Phi) is 15.3. The van der Waals surface area contributed by atoms with Crippen molar-refractivity contribution in [2.24, 2.45) is 0 Å². The van der Waals surface area contributed by atoms with Gasteiger partial charge >= 0.3 is 0 Å². The van der Waals surface area contributed by atoms with Crippen molar-refractivity contribution in [3.63, 3.8) is 0 Å². The van der Waals surface area contributed by atoms with Gasteiger partial charge in [0.2, 0.25) is 5.91 Å². The molecule has 1 fully saturated rings. The average molecular weight is 556 g/mol. The van der Waals surface area contributed by atoms with Crippen LogP contribution in [-0.4, -0.2) is 66.9 Å². The van der Waals surface area contributed by atoms with Crippen LogP contribution in [0.25, 0.3) is 10.9 Å². The Bertz CT molecular complexity index is 979. The molecular weight excluding hydrogens is 502 g/mol. The van der Waals surface area contributed by atoms with Crippen molar-refractivity contribution < 1.29 is 19.4 Å². The van der Waals surface area contributed by atoms with Gasteiger partial charge in [-0.25, -0.2) is 0 Å². The minimum atomic E-state index is -0.865. The number of methoxy groups -OCH3 is 1. The lowest BCUT2D eigenvalue weighted by Gasteiger charge is -2.33. The van der Waals surface area contributed by atoms with Crippen molar-refractivity contribution in [3.8, 4) is 5.75 Å². The molecule has 2 atom stereocenters. The molecule has 0 unspecified atom stereocenters. The van der Waals surface area contributed by atoms with Gasteiger partial charge in [-0.1, -0.05) is 84.0 Å². The minimum absolute atomic E-state index is 0.0105. The van der Waals surface area contributed by atoms with Crippen molar-refractivity contribution in [2.75, 3.05) is 40.0 Å². The highest BCUT2D eigenvalue weighted by molar-refractivity contribution is 5.84. The van der Waals surface area contributed by atoms with Gasteiger partial charge in [0.1, 0.15) is 11.9 Å². The number of aliphatic hydroxyl groups is 1. The van der Waals surface area contributed by atoms with Crippen LogP contribution in [0, 0.1) is 0 Å². The van der Waals surface area contributed by atoms with Crippen LogP contribution in [0.5, 0.6) is 5.75 Å². The lowest BCUT2D eigenvalue weighted by Crippen LogP contribution is -2.50. The number of amides is 1. The normalized spacial score (nSPS) is 15.7. The standard InChI is InChI=1S/C33H53N3O4/c1-3-4-5-6-7-8-9-10-11-12-13-14-15-16-32(37)35-31(26-36-21-23-40-24-22-36)33(38)28-19-20-34-30-18-17-27(39-2)25-29(28)30/h17-20,25,31,33,38H,3-16,21-24,26H2,1-2H3,(H,35,37)/t31-,33-/m0/s1. The number of benzene rings is 1. The van der Waals surface area contributed by atoms with Gasteiger partial charge < -0.3 is 19.9 Å². The molecule has 40 heavy (non-hydrogen) atoms.